The fourth-order valence-corrected chi connectivity index (χ4v) is 8.41. The Morgan fingerprint density at radius 3 is 2.55 bits per heavy atom. The number of H-pyrrole nitrogens is 1. The van der Waals surface area contributed by atoms with Gasteiger partial charge in [0.05, 0.1) is 40.9 Å². The number of anilines is 1. The number of ether oxygens (including phenoxy) is 2. The molecule has 15 heteroatoms. The number of hydrogen-bond acceptors (Lipinski definition) is 8. The smallest absolute Gasteiger partial charge is 0.417 e. The average molecular weight is 662 g/mol. The molecular formula is C32H33F6N7O2. The van der Waals surface area contributed by atoms with E-state index in [1.165, 1.54) is 20.1 Å². The maximum absolute atomic E-state index is 17.0. The van der Waals surface area contributed by atoms with Gasteiger partial charge in [-0.3, -0.25) is 10.00 Å². The third-order valence-corrected chi connectivity index (χ3v) is 10.4. The van der Waals surface area contributed by atoms with Crippen LogP contribution in [0.2, 0.25) is 0 Å². The van der Waals surface area contributed by atoms with Crippen molar-refractivity contribution < 1.29 is 35.8 Å². The van der Waals surface area contributed by atoms with Crippen molar-refractivity contribution >= 4 is 27.6 Å². The number of piperazine rings is 1. The predicted molar refractivity (Wildman–Crippen MR) is 162 cm³/mol. The highest BCUT2D eigenvalue weighted by Gasteiger charge is 2.49. The van der Waals surface area contributed by atoms with Crippen LogP contribution in [0.4, 0.5) is 32.2 Å². The number of fused-ring (bicyclic) bond motifs is 5. The Kier molecular flexibility index (Phi) is 7.03. The fourth-order valence-electron chi connectivity index (χ4n) is 8.41. The van der Waals surface area contributed by atoms with Crippen molar-refractivity contribution in [1.82, 2.24) is 30.4 Å². The summed E-state index contributed by atoms with van der Waals surface area (Å²) >= 11 is 0. The van der Waals surface area contributed by atoms with Crippen LogP contribution in [0.5, 0.6) is 11.8 Å². The van der Waals surface area contributed by atoms with Crippen molar-refractivity contribution in [1.29, 1.82) is 0 Å². The molecule has 2 bridgehead atoms. The average Bonchev–Trinajstić information content (AvgIpc) is 3.78. The highest BCUT2D eigenvalue weighted by atomic mass is 19.4. The van der Waals surface area contributed by atoms with Gasteiger partial charge in [-0.1, -0.05) is 0 Å². The van der Waals surface area contributed by atoms with Crippen molar-refractivity contribution in [3.05, 3.63) is 35.0 Å². The number of nitrogens with one attached hydrogen (secondary N) is 2. The van der Waals surface area contributed by atoms with Gasteiger partial charge >= 0.3 is 12.2 Å². The highest BCUT2D eigenvalue weighted by Crippen LogP contribution is 2.49. The Labute approximate surface area is 265 Å². The van der Waals surface area contributed by atoms with Gasteiger partial charge in [-0.05, 0) is 50.8 Å². The standard InChI is InChI=1S/C32H33F6N7O2/c1-15-8-20-19(10-39-43-20)21(24(15)32(36,37)38)22-25(34)27-23(28(46-2)26(22)35)29(44-12-17-4-5-18(13-44)40-17)42-30(41-27)47-14-31-6-3-7-45(31)11-16(33)9-31/h8,10,16-18,40H,3-7,9,11-14H2,1-2H3,(H,39,43)/t16-,17?,18?,31+/m1/s1. The summed E-state index contributed by atoms with van der Waals surface area (Å²) in [5.41, 5.74) is -3.91. The molecule has 4 saturated heterocycles. The van der Waals surface area contributed by atoms with Crippen LogP contribution in [0.3, 0.4) is 0 Å². The topological polar surface area (TPSA) is 91.4 Å². The van der Waals surface area contributed by atoms with E-state index < -0.39 is 57.5 Å². The first kappa shape index (κ1) is 30.5. The Bertz CT molecular complexity index is 1890. The monoisotopic (exact) mass is 661 g/mol. The van der Waals surface area contributed by atoms with E-state index in [-0.39, 0.29) is 58.8 Å². The van der Waals surface area contributed by atoms with E-state index in [0.29, 0.717) is 26.1 Å². The van der Waals surface area contributed by atoms with Crippen LogP contribution in [0.1, 0.15) is 43.2 Å². The number of aryl methyl sites for hydroxylation is 1. The first-order valence-corrected chi connectivity index (χ1v) is 15.8. The second kappa shape index (κ2) is 10.8. The fraction of sp³-hybridized carbons (Fsp3) is 0.531. The summed E-state index contributed by atoms with van der Waals surface area (Å²) in [6, 6.07) is 1.24. The number of methoxy groups -OCH3 is 1. The molecule has 2 unspecified atom stereocenters. The summed E-state index contributed by atoms with van der Waals surface area (Å²) in [5.74, 6) is -2.94. The molecular weight excluding hydrogens is 628 g/mol. The molecule has 4 aromatic rings. The molecule has 0 spiro atoms. The van der Waals surface area contributed by atoms with Gasteiger partial charge in [-0.2, -0.15) is 28.2 Å². The van der Waals surface area contributed by atoms with Crippen LogP contribution in [-0.2, 0) is 6.18 Å². The van der Waals surface area contributed by atoms with Crippen LogP contribution < -0.4 is 19.7 Å². The van der Waals surface area contributed by atoms with E-state index in [9.17, 15) is 17.6 Å². The molecule has 250 valence electrons. The number of alkyl halides is 4. The Morgan fingerprint density at radius 2 is 1.83 bits per heavy atom. The summed E-state index contributed by atoms with van der Waals surface area (Å²) < 4.78 is 104. The number of benzene rings is 2. The molecule has 0 amide bonds. The van der Waals surface area contributed by atoms with Crippen molar-refractivity contribution in [2.24, 2.45) is 0 Å². The van der Waals surface area contributed by atoms with E-state index in [0.717, 1.165) is 32.0 Å². The van der Waals surface area contributed by atoms with Crippen molar-refractivity contribution in [3.8, 4) is 22.9 Å². The van der Waals surface area contributed by atoms with Gasteiger partial charge in [-0.25, -0.2) is 13.2 Å². The zero-order valence-corrected chi connectivity index (χ0v) is 25.8. The number of halogens is 6. The van der Waals surface area contributed by atoms with E-state index in [2.05, 4.69) is 30.4 Å². The van der Waals surface area contributed by atoms with Crippen molar-refractivity contribution in [2.75, 3.05) is 44.8 Å². The molecule has 2 N–H and O–H groups in total. The van der Waals surface area contributed by atoms with Crippen LogP contribution >= 0.6 is 0 Å². The SMILES string of the molecule is COc1c(F)c(-c2c(C(F)(F)F)c(C)cc3[nH]ncc23)c(F)c2nc(OC[C@@]34CCCN3C[C@H](F)C4)nc(N3CC4CCC(C3)N4)c12. The van der Waals surface area contributed by atoms with Crippen LogP contribution in [0, 0.1) is 18.6 Å². The molecule has 0 radical (unpaired) electrons. The molecule has 4 fully saturated rings. The Morgan fingerprint density at radius 1 is 1.06 bits per heavy atom. The van der Waals surface area contributed by atoms with Crippen LogP contribution in [0.25, 0.3) is 32.9 Å². The Balaban J connectivity index is 1.36. The first-order chi connectivity index (χ1) is 22.5. The molecule has 2 aromatic heterocycles. The zero-order valence-electron chi connectivity index (χ0n) is 25.8. The summed E-state index contributed by atoms with van der Waals surface area (Å²) in [6.45, 7) is 3.25. The number of nitrogens with zero attached hydrogens (tertiary/aromatic N) is 5. The minimum Gasteiger partial charge on any atom is -0.493 e. The van der Waals surface area contributed by atoms with Gasteiger partial charge in [0.1, 0.15) is 24.1 Å². The minimum absolute atomic E-state index is 0.0454. The Hall–Kier alpha value is -3.85. The maximum atomic E-state index is 17.0. The lowest BCUT2D eigenvalue weighted by Crippen LogP contribution is -2.51. The zero-order chi connectivity index (χ0) is 32.8. The van der Waals surface area contributed by atoms with Gasteiger partial charge in [0, 0.05) is 49.1 Å². The molecule has 6 heterocycles. The van der Waals surface area contributed by atoms with Gasteiger partial charge in [0.15, 0.2) is 17.4 Å². The maximum Gasteiger partial charge on any atom is 0.417 e. The summed E-state index contributed by atoms with van der Waals surface area (Å²) in [7, 11) is 1.17. The quantitative estimate of drug-likeness (QED) is 0.255. The minimum atomic E-state index is -4.96. The lowest BCUT2D eigenvalue weighted by atomic mass is 9.90. The number of aromatic nitrogens is 4. The molecule has 47 heavy (non-hydrogen) atoms. The molecule has 4 atom stereocenters. The summed E-state index contributed by atoms with van der Waals surface area (Å²) in [4.78, 5) is 13.0. The summed E-state index contributed by atoms with van der Waals surface area (Å²) in [5, 5.41) is 9.77. The van der Waals surface area contributed by atoms with Crippen LogP contribution in [0.15, 0.2) is 12.3 Å². The molecule has 4 aliphatic heterocycles. The van der Waals surface area contributed by atoms with Gasteiger partial charge in [-0.15, -0.1) is 0 Å². The second-order valence-corrected chi connectivity index (χ2v) is 13.3. The molecule has 9 nitrogen and oxygen atoms in total. The van der Waals surface area contributed by atoms with Gasteiger partial charge in [0.25, 0.3) is 0 Å². The molecule has 0 aliphatic carbocycles. The largest absolute Gasteiger partial charge is 0.493 e. The number of hydrogen-bond donors (Lipinski definition) is 2. The summed E-state index contributed by atoms with van der Waals surface area (Å²) in [6.07, 6.45) is -1.17. The lowest BCUT2D eigenvalue weighted by molar-refractivity contribution is -0.137. The number of aromatic amines is 1. The van der Waals surface area contributed by atoms with E-state index >= 15 is 8.78 Å². The predicted octanol–water partition coefficient (Wildman–Crippen LogP) is 5.68. The van der Waals surface area contributed by atoms with E-state index in [4.69, 9.17) is 9.47 Å². The van der Waals surface area contributed by atoms with Crippen molar-refractivity contribution in [2.45, 2.75) is 69.0 Å². The van der Waals surface area contributed by atoms with Crippen LogP contribution in [-0.4, -0.2) is 88.8 Å². The second-order valence-electron chi connectivity index (χ2n) is 13.3. The molecule has 4 aliphatic rings. The molecule has 0 saturated carbocycles. The van der Waals surface area contributed by atoms with Crippen molar-refractivity contribution in [3.63, 3.8) is 0 Å². The first-order valence-electron chi connectivity index (χ1n) is 15.8. The lowest BCUT2D eigenvalue weighted by Gasteiger charge is -2.35. The third-order valence-electron chi connectivity index (χ3n) is 10.4. The van der Waals surface area contributed by atoms with Gasteiger partial charge in [0.2, 0.25) is 0 Å². The molecule has 8 rings (SSSR count). The normalized spacial score (nSPS) is 26.1. The third kappa shape index (κ3) is 4.79. The van der Waals surface area contributed by atoms with E-state index in [1.54, 1.807) is 0 Å². The molecule has 2 aromatic carbocycles. The highest BCUT2D eigenvalue weighted by molar-refractivity contribution is 6.04. The van der Waals surface area contributed by atoms with E-state index in [1.807, 2.05) is 4.90 Å². The van der Waals surface area contributed by atoms with Gasteiger partial charge < -0.3 is 19.7 Å². The number of rotatable bonds is 6.